The topological polar surface area (TPSA) is 55.7 Å². The molecule has 0 aliphatic heterocycles. The van der Waals surface area contributed by atoms with Crippen LogP contribution in [0.25, 0.3) is 0 Å². The molecule has 2 aromatic carbocycles. The Bertz CT molecular complexity index is 749. The number of nitrogens with zero attached hydrogens (tertiary/aromatic N) is 1. The van der Waals surface area contributed by atoms with Crippen molar-refractivity contribution in [3.05, 3.63) is 54.1 Å². The van der Waals surface area contributed by atoms with Crippen LogP contribution in [0.1, 0.15) is 5.56 Å². The smallest absolute Gasteiger partial charge is 0.288 e. The van der Waals surface area contributed by atoms with Crippen LogP contribution in [-0.2, 0) is 20.7 Å². The molecule has 0 heterocycles. The van der Waals surface area contributed by atoms with Crippen LogP contribution in [0.15, 0.2) is 62.1 Å². The van der Waals surface area contributed by atoms with Crippen molar-refractivity contribution in [3.8, 4) is 5.75 Å². The number of hydrogen-bond donors (Lipinski definition) is 0. The lowest BCUT2D eigenvalue weighted by Gasteiger charge is -2.05. The van der Waals surface area contributed by atoms with Crippen molar-refractivity contribution in [1.29, 1.82) is 0 Å². The van der Waals surface area contributed by atoms with Crippen LogP contribution in [0.4, 0.5) is 0 Å². The molecule has 112 valence electrons. The quantitative estimate of drug-likeness (QED) is 0.868. The van der Waals surface area contributed by atoms with Gasteiger partial charge < -0.3 is 4.74 Å². The monoisotopic (exact) mass is 323 g/mol. The highest BCUT2D eigenvalue weighted by molar-refractivity contribution is 7.99. The van der Waals surface area contributed by atoms with Crippen molar-refractivity contribution in [2.75, 3.05) is 13.4 Å². The highest BCUT2D eigenvalue weighted by Gasteiger charge is 2.13. The van der Waals surface area contributed by atoms with Crippen LogP contribution in [0, 0.1) is 6.92 Å². The van der Waals surface area contributed by atoms with Gasteiger partial charge in [0, 0.05) is 4.90 Å². The SMILES string of the molecule is COc1ccc([S@](C)=NS(=O)(=O)c2ccc(C)cc2)cc1. The summed E-state index contributed by atoms with van der Waals surface area (Å²) in [6.07, 6.45) is 1.79. The minimum atomic E-state index is -3.63. The summed E-state index contributed by atoms with van der Waals surface area (Å²) in [7, 11) is -2.78. The molecule has 0 saturated carbocycles. The maximum absolute atomic E-state index is 12.3. The number of sulfonamides is 1. The van der Waals surface area contributed by atoms with E-state index in [1.165, 1.54) is 0 Å². The van der Waals surface area contributed by atoms with Crippen LogP contribution in [0.3, 0.4) is 0 Å². The fraction of sp³-hybridized carbons (Fsp3) is 0.200. The van der Waals surface area contributed by atoms with Gasteiger partial charge in [-0.25, -0.2) is 0 Å². The van der Waals surface area contributed by atoms with E-state index in [0.717, 1.165) is 16.2 Å². The number of hydrogen-bond acceptors (Lipinski definition) is 3. The molecule has 0 aliphatic rings. The van der Waals surface area contributed by atoms with Crippen molar-refractivity contribution < 1.29 is 13.2 Å². The average Bonchev–Trinajstić information content (AvgIpc) is 2.47. The zero-order valence-corrected chi connectivity index (χ0v) is 13.7. The Kier molecular flexibility index (Phi) is 4.80. The van der Waals surface area contributed by atoms with Gasteiger partial charge >= 0.3 is 0 Å². The van der Waals surface area contributed by atoms with Gasteiger partial charge in [0.05, 0.1) is 12.0 Å². The van der Waals surface area contributed by atoms with Gasteiger partial charge in [-0.3, -0.25) is 0 Å². The van der Waals surface area contributed by atoms with E-state index in [1.54, 1.807) is 49.8 Å². The van der Waals surface area contributed by atoms with E-state index in [0.29, 0.717) is 0 Å². The minimum absolute atomic E-state index is 0.223. The van der Waals surface area contributed by atoms with Crippen LogP contribution in [0.2, 0.25) is 0 Å². The van der Waals surface area contributed by atoms with Crippen LogP contribution >= 0.6 is 0 Å². The molecule has 0 radical (unpaired) electrons. The molecule has 4 nitrogen and oxygen atoms in total. The first-order chi connectivity index (χ1) is 9.92. The van der Waals surface area contributed by atoms with Crippen molar-refractivity contribution in [2.24, 2.45) is 3.77 Å². The molecule has 0 N–H and O–H groups in total. The van der Waals surface area contributed by atoms with E-state index in [1.807, 2.05) is 19.1 Å². The highest BCUT2D eigenvalue weighted by Crippen LogP contribution is 2.18. The lowest BCUT2D eigenvalue weighted by Crippen LogP contribution is -2.00. The Labute approximate surface area is 127 Å². The number of aryl methyl sites for hydroxylation is 1. The van der Waals surface area contributed by atoms with E-state index < -0.39 is 20.7 Å². The second kappa shape index (κ2) is 6.41. The summed E-state index contributed by atoms with van der Waals surface area (Å²) in [4.78, 5) is 1.08. The van der Waals surface area contributed by atoms with Crippen LogP contribution in [-0.4, -0.2) is 21.8 Å². The van der Waals surface area contributed by atoms with Crippen molar-refractivity contribution in [1.82, 2.24) is 0 Å². The number of benzene rings is 2. The molecule has 21 heavy (non-hydrogen) atoms. The highest BCUT2D eigenvalue weighted by atomic mass is 32.3. The van der Waals surface area contributed by atoms with Gasteiger partial charge in [-0.2, -0.15) is 8.42 Å². The van der Waals surface area contributed by atoms with Gasteiger partial charge in [0.15, 0.2) is 0 Å². The average molecular weight is 323 g/mol. The summed E-state index contributed by atoms with van der Waals surface area (Å²) >= 11 is 0. The molecule has 2 aromatic rings. The Morgan fingerprint density at radius 1 is 1.00 bits per heavy atom. The third-order valence-electron chi connectivity index (χ3n) is 2.93. The third kappa shape index (κ3) is 3.92. The summed E-state index contributed by atoms with van der Waals surface area (Å²) in [6, 6.07) is 14.0. The van der Waals surface area contributed by atoms with Gasteiger partial charge in [0.25, 0.3) is 10.0 Å². The third-order valence-corrected chi connectivity index (χ3v) is 6.43. The van der Waals surface area contributed by atoms with Crippen molar-refractivity contribution in [3.63, 3.8) is 0 Å². The van der Waals surface area contributed by atoms with Gasteiger partial charge in [-0.15, -0.1) is 3.77 Å². The van der Waals surface area contributed by atoms with Crippen LogP contribution < -0.4 is 4.74 Å². The molecule has 0 saturated heterocycles. The summed E-state index contributed by atoms with van der Waals surface area (Å²) in [5.41, 5.74) is 1.01. The number of ether oxygens (including phenoxy) is 1. The van der Waals surface area contributed by atoms with Gasteiger partial charge in [0.2, 0.25) is 0 Å². The Balaban J connectivity index is 2.33. The van der Waals surface area contributed by atoms with Gasteiger partial charge in [0.1, 0.15) is 5.75 Å². The number of methoxy groups -OCH3 is 1. The first-order valence-corrected chi connectivity index (χ1v) is 9.30. The lowest BCUT2D eigenvalue weighted by atomic mass is 10.2. The molecule has 0 spiro atoms. The molecule has 0 bridgehead atoms. The summed E-state index contributed by atoms with van der Waals surface area (Å²) < 4.78 is 33.6. The molecule has 6 heteroatoms. The van der Waals surface area contributed by atoms with E-state index in [9.17, 15) is 8.42 Å². The second-order valence-electron chi connectivity index (χ2n) is 4.52. The van der Waals surface area contributed by atoms with Crippen LogP contribution in [0.5, 0.6) is 5.75 Å². The Morgan fingerprint density at radius 2 is 1.57 bits per heavy atom. The zero-order valence-electron chi connectivity index (χ0n) is 12.1. The van der Waals surface area contributed by atoms with E-state index in [-0.39, 0.29) is 4.90 Å². The predicted molar refractivity (Wildman–Crippen MR) is 85.3 cm³/mol. The predicted octanol–water partition coefficient (Wildman–Crippen LogP) is 3.18. The maximum atomic E-state index is 12.3. The minimum Gasteiger partial charge on any atom is -0.497 e. The Hall–Kier alpha value is -1.66. The maximum Gasteiger partial charge on any atom is 0.288 e. The van der Waals surface area contributed by atoms with Crippen molar-refractivity contribution in [2.45, 2.75) is 16.7 Å². The summed E-state index contributed by atoms with van der Waals surface area (Å²) in [5, 5.41) is 0. The lowest BCUT2D eigenvalue weighted by molar-refractivity contribution is 0.414. The van der Waals surface area contributed by atoms with Gasteiger partial charge in [-0.1, -0.05) is 28.4 Å². The fourth-order valence-corrected chi connectivity index (χ4v) is 4.59. The van der Waals surface area contributed by atoms with E-state index in [4.69, 9.17) is 4.74 Å². The first-order valence-electron chi connectivity index (χ1n) is 6.27. The van der Waals surface area contributed by atoms with E-state index >= 15 is 0 Å². The normalized spacial score (nSPS) is 13.1. The summed E-state index contributed by atoms with van der Waals surface area (Å²) in [5.74, 6) is 0.733. The largest absolute Gasteiger partial charge is 0.497 e. The molecule has 0 amide bonds. The van der Waals surface area contributed by atoms with Crippen molar-refractivity contribution >= 4 is 20.7 Å². The molecule has 1 atom stereocenters. The molecule has 0 aromatic heterocycles. The zero-order chi connectivity index (χ0) is 15.5. The summed E-state index contributed by atoms with van der Waals surface area (Å²) in [6.45, 7) is 1.91. The fourth-order valence-electron chi connectivity index (χ4n) is 1.72. The second-order valence-corrected chi connectivity index (χ2v) is 7.96. The molecular weight excluding hydrogens is 306 g/mol. The van der Waals surface area contributed by atoms with E-state index in [2.05, 4.69) is 3.77 Å². The molecule has 0 fully saturated rings. The Morgan fingerprint density at radius 3 is 2.10 bits per heavy atom. The molecule has 0 unspecified atom stereocenters. The molecule has 2 rings (SSSR count). The van der Waals surface area contributed by atoms with Gasteiger partial charge in [-0.05, 0) is 49.6 Å². The molecule has 0 aliphatic carbocycles. The number of rotatable bonds is 4. The first kappa shape index (κ1) is 15.7. The molecular formula is C15H17NO3S2. The standard InChI is InChI=1S/C15H17NO3S2/c1-12-4-10-15(11-5-12)21(17,18)16-20(3)14-8-6-13(19-2)7-9-14/h4-11H,1-3H3/t20-/m0/s1.